The van der Waals surface area contributed by atoms with Crippen molar-refractivity contribution < 1.29 is 28.6 Å². The summed E-state index contributed by atoms with van der Waals surface area (Å²) in [6.07, 6.45) is -0.0776. The molecule has 1 aromatic heterocycles. The van der Waals surface area contributed by atoms with Crippen LogP contribution in [0.1, 0.15) is 54.0 Å². The monoisotopic (exact) mass is 440 g/mol. The molecule has 0 aliphatic carbocycles. The predicted molar refractivity (Wildman–Crippen MR) is 118 cm³/mol. The molecule has 3 aromatic rings. The second-order valence-corrected chi connectivity index (χ2v) is 8.42. The predicted octanol–water partition coefficient (Wildman–Crippen LogP) is 4.44. The van der Waals surface area contributed by atoms with Crippen LogP contribution in [0.5, 0.6) is 5.88 Å². The van der Waals surface area contributed by atoms with E-state index in [0.29, 0.717) is 18.5 Å². The standard InChI is InChI=1S/C24H25FN2O5/c1-14(28)27-19-13-17(25)8-9-18(19)20(22(27)30)21(29)16-7-5-6-15(12-16)10-11-26-23(31)32-24(2,3)4/h5-9,12-13,30H,10-11H2,1-4H3,(H,26,31). The summed E-state index contributed by atoms with van der Waals surface area (Å²) in [5, 5.41) is 13.5. The Kier molecular flexibility index (Phi) is 6.34. The molecular formula is C24H25FN2O5. The Morgan fingerprint density at radius 2 is 1.84 bits per heavy atom. The molecule has 0 aliphatic heterocycles. The summed E-state index contributed by atoms with van der Waals surface area (Å²) < 4.78 is 19.8. The first-order valence-electron chi connectivity index (χ1n) is 10.1. The van der Waals surface area contributed by atoms with Gasteiger partial charge in [0, 0.05) is 24.4 Å². The van der Waals surface area contributed by atoms with Gasteiger partial charge in [0.25, 0.3) is 0 Å². The number of ether oxygens (including phenoxy) is 1. The van der Waals surface area contributed by atoms with Gasteiger partial charge in [-0.2, -0.15) is 0 Å². The molecule has 0 unspecified atom stereocenters. The zero-order valence-corrected chi connectivity index (χ0v) is 18.4. The summed E-state index contributed by atoms with van der Waals surface area (Å²) in [5.74, 6) is -2.16. The third-order valence-corrected chi connectivity index (χ3v) is 4.72. The Morgan fingerprint density at radius 1 is 1.12 bits per heavy atom. The number of nitrogens with zero attached hydrogens (tertiary/aromatic N) is 1. The molecule has 1 amide bonds. The van der Waals surface area contributed by atoms with Crippen LogP contribution < -0.4 is 5.32 Å². The fourth-order valence-corrected chi connectivity index (χ4v) is 3.43. The number of amides is 1. The zero-order valence-electron chi connectivity index (χ0n) is 18.4. The van der Waals surface area contributed by atoms with Gasteiger partial charge in [0.2, 0.25) is 11.8 Å². The van der Waals surface area contributed by atoms with Crippen molar-refractivity contribution in [1.82, 2.24) is 9.88 Å². The maximum atomic E-state index is 13.7. The number of fused-ring (bicyclic) bond motifs is 1. The highest BCUT2D eigenvalue weighted by Crippen LogP contribution is 2.33. The van der Waals surface area contributed by atoms with Gasteiger partial charge in [-0.25, -0.2) is 13.8 Å². The zero-order chi connectivity index (χ0) is 23.6. The number of alkyl carbamates (subject to hydrolysis) is 1. The van der Waals surface area contributed by atoms with E-state index in [1.54, 1.807) is 39.0 Å². The molecule has 0 spiro atoms. The summed E-state index contributed by atoms with van der Waals surface area (Å²) in [6.45, 7) is 6.84. The van der Waals surface area contributed by atoms with Crippen molar-refractivity contribution in [2.24, 2.45) is 0 Å². The first kappa shape index (κ1) is 23.0. The lowest BCUT2D eigenvalue weighted by Gasteiger charge is -2.19. The van der Waals surface area contributed by atoms with Crippen molar-refractivity contribution in [3.63, 3.8) is 0 Å². The Hall–Kier alpha value is -3.68. The van der Waals surface area contributed by atoms with Gasteiger partial charge in [-0.1, -0.05) is 18.2 Å². The molecule has 0 saturated carbocycles. The highest BCUT2D eigenvalue weighted by atomic mass is 19.1. The van der Waals surface area contributed by atoms with Crippen LogP contribution in [-0.4, -0.2) is 39.6 Å². The normalized spacial score (nSPS) is 11.4. The van der Waals surface area contributed by atoms with E-state index in [1.165, 1.54) is 19.1 Å². The molecule has 0 atom stereocenters. The lowest BCUT2D eigenvalue weighted by Crippen LogP contribution is -2.33. The summed E-state index contributed by atoms with van der Waals surface area (Å²) in [5.41, 5.74) is 0.533. The number of carbonyl (C=O) groups excluding carboxylic acids is 3. The molecule has 2 aromatic carbocycles. The van der Waals surface area contributed by atoms with Gasteiger partial charge in [0.15, 0.2) is 5.78 Å². The van der Waals surface area contributed by atoms with E-state index in [2.05, 4.69) is 5.32 Å². The lowest BCUT2D eigenvalue weighted by molar-refractivity contribution is 0.0528. The quantitative estimate of drug-likeness (QED) is 0.572. The van der Waals surface area contributed by atoms with E-state index in [9.17, 15) is 23.9 Å². The fourth-order valence-electron chi connectivity index (χ4n) is 3.43. The second-order valence-electron chi connectivity index (χ2n) is 8.42. The molecule has 1 heterocycles. The molecule has 168 valence electrons. The van der Waals surface area contributed by atoms with Crippen LogP contribution in [0.2, 0.25) is 0 Å². The van der Waals surface area contributed by atoms with Crippen molar-refractivity contribution in [2.45, 2.75) is 39.7 Å². The number of halogens is 1. The molecule has 2 N–H and O–H groups in total. The molecule has 32 heavy (non-hydrogen) atoms. The van der Waals surface area contributed by atoms with Gasteiger partial charge in [-0.15, -0.1) is 0 Å². The summed E-state index contributed by atoms with van der Waals surface area (Å²) in [7, 11) is 0. The lowest BCUT2D eigenvalue weighted by atomic mass is 9.99. The average molecular weight is 440 g/mol. The highest BCUT2D eigenvalue weighted by Gasteiger charge is 2.25. The number of hydrogen-bond acceptors (Lipinski definition) is 5. The molecule has 8 heteroatoms. The number of nitrogens with one attached hydrogen (secondary N) is 1. The summed E-state index contributed by atoms with van der Waals surface area (Å²) >= 11 is 0. The fraction of sp³-hybridized carbons (Fsp3) is 0.292. The van der Waals surface area contributed by atoms with Crippen molar-refractivity contribution in [1.29, 1.82) is 0 Å². The maximum absolute atomic E-state index is 13.7. The minimum Gasteiger partial charge on any atom is -0.494 e. The van der Waals surface area contributed by atoms with Gasteiger partial charge in [0.1, 0.15) is 11.4 Å². The number of aromatic nitrogens is 1. The first-order valence-corrected chi connectivity index (χ1v) is 10.1. The maximum Gasteiger partial charge on any atom is 0.407 e. The third kappa shape index (κ3) is 4.96. The van der Waals surface area contributed by atoms with E-state index < -0.39 is 35.1 Å². The molecule has 0 saturated heterocycles. The van der Waals surface area contributed by atoms with Crippen LogP contribution in [0.3, 0.4) is 0 Å². The number of carbonyl (C=O) groups is 3. The molecule has 0 bridgehead atoms. The van der Waals surface area contributed by atoms with Crippen LogP contribution in [0, 0.1) is 5.82 Å². The van der Waals surface area contributed by atoms with E-state index in [0.717, 1.165) is 16.2 Å². The van der Waals surface area contributed by atoms with Crippen LogP contribution in [0.4, 0.5) is 9.18 Å². The molecular weight excluding hydrogens is 415 g/mol. The van der Waals surface area contributed by atoms with E-state index >= 15 is 0 Å². The van der Waals surface area contributed by atoms with Crippen molar-refractivity contribution in [3.8, 4) is 5.88 Å². The minimum absolute atomic E-state index is 0.0702. The second kappa shape index (κ2) is 8.82. The number of hydrogen-bond donors (Lipinski definition) is 2. The van der Waals surface area contributed by atoms with Gasteiger partial charge in [-0.05, 0) is 57.0 Å². The Balaban J connectivity index is 1.85. The van der Waals surface area contributed by atoms with Gasteiger partial charge < -0.3 is 15.2 Å². The first-order chi connectivity index (χ1) is 15.0. The number of ketones is 1. The summed E-state index contributed by atoms with van der Waals surface area (Å²) in [6, 6.07) is 10.4. The van der Waals surface area contributed by atoms with Crippen molar-refractivity contribution in [3.05, 3.63) is 65.0 Å². The van der Waals surface area contributed by atoms with E-state index in [4.69, 9.17) is 4.74 Å². The Bertz CT molecular complexity index is 1210. The number of benzene rings is 2. The SMILES string of the molecule is CC(=O)n1c(O)c(C(=O)c2cccc(CCNC(=O)OC(C)(C)C)c2)c2ccc(F)cc21. The number of aromatic hydroxyl groups is 1. The smallest absolute Gasteiger partial charge is 0.407 e. The molecule has 3 rings (SSSR count). The molecule has 0 radical (unpaired) electrons. The third-order valence-electron chi connectivity index (χ3n) is 4.72. The van der Waals surface area contributed by atoms with Crippen molar-refractivity contribution in [2.75, 3.05) is 6.54 Å². The van der Waals surface area contributed by atoms with Gasteiger partial charge in [-0.3, -0.25) is 9.59 Å². The van der Waals surface area contributed by atoms with Crippen molar-refractivity contribution >= 4 is 28.7 Å². The van der Waals surface area contributed by atoms with Crippen LogP contribution in [-0.2, 0) is 11.2 Å². The van der Waals surface area contributed by atoms with Crippen LogP contribution in [0.15, 0.2) is 42.5 Å². The number of rotatable bonds is 5. The molecule has 0 aliphatic rings. The Morgan fingerprint density at radius 3 is 2.50 bits per heavy atom. The molecule has 0 fully saturated rings. The van der Waals surface area contributed by atoms with E-state index in [-0.39, 0.29) is 16.5 Å². The van der Waals surface area contributed by atoms with E-state index in [1.807, 2.05) is 6.07 Å². The Labute approximate surface area is 184 Å². The van der Waals surface area contributed by atoms with Crippen LogP contribution >= 0.6 is 0 Å². The van der Waals surface area contributed by atoms with Crippen LogP contribution in [0.25, 0.3) is 10.9 Å². The highest BCUT2D eigenvalue weighted by molar-refractivity contribution is 6.19. The topological polar surface area (TPSA) is 97.6 Å². The molecule has 7 nitrogen and oxygen atoms in total. The minimum atomic E-state index is -0.597. The largest absolute Gasteiger partial charge is 0.494 e. The van der Waals surface area contributed by atoms with Gasteiger partial charge in [0.05, 0.1) is 11.1 Å². The average Bonchev–Trinajstić information content (AvgIpc) is 2.97. The van der Waals surface area contributed by atoms with Gasteiger partial charge >= 0.3 is 6.09 Å². The summed E-state index contributed by atoms with van der Waals surface area (Å²) in [4.78, 5) is 37.0.